The molecule has 1 saturated heterocycles. The van der Waals surface area contributed by atoms with Crippen molar-refractivity contribution in [2.45, 2.75) is 58.2 Å². The van der Waals surface area contributed by atoms with Gasteiger partial charge in [-0.15, -0.1) is 0 Å². The number of carbonyl (C=O) groups excluding carboxylic acids is 2. The Labute approximate surface area is 229 Å². The average molecular weight is 570 g/mol. The van der Waals surface area contributed by atoms with Crippen molar-refractivity contribution in [3.63, 3.8) is 0 Å². The zero-order chi connectivity index (χ0) is 27.0. The predicted molar refractivity (Wildman–Crippen MR) is 146 cm³/mol. The van der Waals surface area contributed by atoms with Crippen LogP contribution in [0.2, 0.25) is 10.0 Å². The van der Waals surface area contributed by atoms with Crippen LogP contribution in [-0.2, 0) is 32.8 Å². The van der Waals surface area contributed by atoms with E-state index in [-0.39, 0.29) is 18.4 Å². The van der Waals surface area contributed by atoms with Crippen molar-refractivity contribution in [1.82, 2.24) is 19.7 Å². The number of benzene rings is 2. The van der Waals surface area contributed by atoms with Crippen LogP contribution in [0.1, 0.15) is 44.2 Å². The Morgan fingerprint density at radius 1 is 1.11 bits per heavy atom. The summed E-state index contributed by atoms with van der Waals surface area (Å²) >= 11 is 12.1. The molecule has 1 aliphatic heterocycles. The van der Waals surface area contributed by atoms with Gasteiger partial charge in [0.25, 0.3) is 10.2 Å². The smallest absolute Gasteiger partial charge is 0.277 e. The highest BCUT2D eigenvalue weighted by Crippen LogP contribution is 2.22. The van der Waals surface area contributed by atoms with Crippen molar-refractivity contribution in [2.75, 3.05) is 13.1 Å². The summed E-state index contributed by atoms with van der Waals surface area (Å²) < 4.78 is 30.5. The van der Waals surface area contributed by atoms with E-state index < -0.39 is 28.2 Å². The van der Waals surface area contributed by atoms with Gasteiger partial charge in [-0.3, -0.25) is 9.59 Å². The summed E-state index contributed by atoms with van der Waals surface area (Å²) in [7, 11) is -3.96. The fourth-order valence-corrected chi connectivity index (χ4v) is 5.85. The van der Waals surface area contributed by atoms with Gasteiger partial charge in [0.15, 0.2) is 0 Å². The SMILES string of the molecule is CC(C)C[C@H](NS(=O)(=O)NCc1ccccc1)C(=O)N1CCC[C@H]1C(=O)NCCc1ccc(Cl)cc1Cl. The van der Waals surface area contributed by atoms with Crippen LogP contribution in [0.5, 0.6) is 0 Å². The van der Waals surface area contributed by atoms with Crippen LogP contribution < -0.4 is 14.8 Å². The lowest BCUT2D eigenvalue weighted by Crippen LogP contribution is -2.55. The predicted octanol–water partition coefficient (Wildman–Crippen LogP) is 3.68. The maximum atomic E-state index is 13.5. The molecule has 0 saturated carbocycles. The molecular weight excluding hydrogens is 535 g/mol. The second-order valence-corrected chi connectivity index (χ2v) is 12.0. The highest BCUT2D eigenvalue weighted by atomic mass is 35.5. The first kappa shape index (κ1) is 29.4. The van der Waals surface area contributed by atoms with E-state index in [0.29, 0.717) is 48.8 Å². The van der Waals surface area contributed by atoms with Crippen LogP contribution in [0.3, 0.4) is 0 Å². The zero-order valence-corrected chi connectivity index (χ0v) is 23.4. The van der Waals surface area contributed by atoms with Crippen molar-refractivity contribution in [1.29, 1.82) is 0 Å². The number of nitrogens with zero attached hydrogens (tertiary/aromatic N) is 1. The fraction of sp³-hybridized carbons (Fsp3) is 0.462. The lowest BCUT2D eigenvalue weighted by atomic mass is 10.0. The molecule has 1 aliphatic rings. The Kier molecular flexibility index (Phi) is 10.8. The van der Waals surface area contributed by atoms with Crippen LogP contribution in [0.25, 0.3) is 0 Å². The third kappa shape index (κ3) is 8.97. The van der Waals surface area contributed by atoms with Crippen molar-refractivity contribution in [2.24, 2.45) is 5.92 Å². The van der Waals surface area contributed by atoms with Gasteiger partial charge in [0.2, 0.25) is 11.8 Å². The molecule has 0 aromatic heterocycles. The summed E-state index contributed by atoms with van der Waals surface area (Å²) in [6.45, 7) is 4.69. The lowest BCUT2D eigenvalue weighted by Gasteiger charge is -2.29. The van der Waals surface area contributed by atoms with Gasteiger partial charge in [-0.2, -0.15) is 17.9 Å². The Bertz CT molecular complexity index is 1180. The minimum atomic E-state index is -3.96. The number of hydrogen-bond donors (Lipinski definition) is 3. The third-order valence-corrected chi connectivity index (χ3v) is 7.87. The van der Waals surface area contributed by atoms with E-state index in [1.54, 1.807) is 12.1 Å². The molecule has 0 bridgehead atoms. The normalized spacial score (nSPS) is 16.7. The largest absolute Gasteiger partial charge is 0.354 e. The van der Waals surface area contributed by atoms with Gasteiger partial charge in [0.1, 0.15) is 12.1 Å². The summed E-state index contributed by atoms with van der Waals surface area (Å²) in [5.74, 6) is -0.591. The summed E-state index contributed by atoms with van der Waals surface area (Å²) in [6.07, 6.45) is 2.02. The number of rotatable bonds is 12. The fourth-order valence-electron chi connectivity index (χ4n) is 4.34. The van der Waals surface area contributed by atoms with Gasteiger partial charge in [0.05, 0.1) is 0 Å². The second kappa shape index (κ2) is 13.6. The molecule has 0 aliphatic carbocycles. The maximum absolute atomic E-state index is 13.5. The quantitative estimate of drug-likeness (QED) is 0.363. The highest BCUT2D eigenvalue weighted by molar-refractivity contribution is 7.87. The Balaban J connectivity index is 1.61. The van der Waals surface area contributed by atoms with Gasteiger partial charge >= 0.3 is 0 Å². The molecule has 3 rings (SSSR count). The number of nitrogens with one attached hydrogen (secondary N) is 3. The van der Waals surface area contributed by atoms with Crippen LogP contribution in [0.4, 0.5) is 0 Å². The highest BCUT2D eigenvalue weighted by Gasteiger charge is 2.38. The molecule has 2 aromatic rings. The molecular formula is C26H34Cl2N4O4S. The standard InChI is InChI=1S/C26H34Cl2N4O4S/c1-18(2)15-23(31-37(35,36)30-17-19-7-4-3-5-8-19)26(34)32-14-6-9-24(32)25(33)29-13-12-20-10-11-21(27)16-22(20)28/h3-5,7-8,10-11,16,18,23-24,30-31H,6,9,12-15,17H2,1-2H3,(H,29,33)/t23-,24-/m0/s1. The van der Waals surface area contributed by atoms with Gasteiger partial charge in [-0.25, -0.2) is 0 Å². The van der Waals surface area contributed by atoms with E-state index >= 15 is 0 Å². The average Bonchev–Trinajstić information content (AvgIpc) is 3.33. The van der Waals surface area contributed by atoms with Crippen molar-refractivity contribution >= 4 is 45.2 Å². The first-order valence-electron chi connectivity index (χ1n) is 12.4. The monoisotopic (exact) mass is 568 g/mol. The molecule has 1 fully saturated rings. The van der Waals surface area contributed by atoms with Crippen LogP contribution in [0.15, 0.2) is 48.5 Å². The van der Waals surface area contributed by atoms with Crippen LogP contribution >= 0.6 is 23.2 Å². The van der Waals surface area contributed by atoms with E-state index in [1.807, 2.05) is 50.2 Å². The van der Waals surface area contributed by atoms with E-state index in [2.05, 4.69) is 14.8 Å². The Morgan fingerprint density at radius 3 is 2.51 bits per heavy atom. The first-order valence-corrected chi connectivity index (χ1v) is 14.6. The molecule has 202 valence electrons. The van der Waals surface area contributed by atoms with Gasteiger partial charge in [-0.05, 0) is 54.9 Å². The lowest BCUT2D eigenvalue weighted by molar-refractivity contribution is -0.140. The van der Waals surface area contributed by atoms with Crippen LogP contribution in [0, 0.1) is 5.92 Å². The number of carbonyl (C=O) groups is 2. The minimum absolute atomic E-state index is 0.0600. The molecule has 0 spiro atoms. The van der Waals surface area contributed by atoms with Crippen molar-refractivity contribution in [3.05, 3.63) is 69.7 Å². The van der Waals surface area contributed by atoms with Crippen molar-refractivity contribution < 1.29 is 18.0 Å². The molecule has 8 nitrogen and oxygen atoms in total. The van der Waals surface area contributed by atoms with Crippen molar-refractivity contribution in [3.8, 4) is 0 Å². The molecule has 2 atom stereocenters. The first-order chi connectivity index (χ1) is 17.6. The van der Waals surface area contributed by atoms with E-state index in [4.69, 9.17) is 23.2 Å². The number of hydrogen-bond acceptors (Lipinski definition) is 4. The van der Waals surface area contributed by atoms with E-state index in [1.165, 1.54) is 4.90 Å². The number of likely N-dealkylation sites (tertiary alicyclic amines) is 1. The zero-order valence-electron chi connectivity index (χ0n) is 21.0. The van der Waals surface area contributed by atoms with E-state index in [0.717, 1.165) is 11.1 Å². The number of amides is 2. The van der Waals surface area contributed by atoms with Crippen LogP contribution in [-0.4, -0.2) is 50.3 Å². The van der Waals surface area contributed by atoms with Gasteiger partial charge < -0.3 is 10.2 Å². The Hall–Kier alpha value is -2.17. The molecule has 37 heavy (non-hydrogen) atoms. The third-order valence-electron chi connectivity index (χ3n) is 6.16. The van der Waals surface area contributed by atoms with E-state index in [9.17, 15) is 18.0 Å². The second-order valence-electron chi connectivity index (χ2n) is 9.58. The summed E-state index contributed by atoms with van der Waals surface area (Å²) in [5.41, 5.74) is 1.66. The van der Waals surface area contributed by atoms with Gasteiger partial charge in [0, 0.05) is 29.7 Å². The maximum Gasteiger partial charge on any atom is 0.277 e. The Morgan fingerprint density at radius 2 is 1.84 bits per heavy atom. The molecule has 3 N–H and O–H groups in total. The molecule has 2 amide bonds. The molecule has 1 heterocycles. The minimum Gasteiger partial charge on any atom is -0.354 e. The molecule has 0 unspecified atom stereocenters. The number of halogens is 2. The molecule has 11 heteroatoms. The molecule has 2 aromatic carbocycles. The summed E-state index contributed by atoms with van der Waals surface area (Å²) in [6, 6.07) is 12.7. The van der Waals surface area contributed by atoms with Gasteiger partial charge in [-0.1, -0.05) is 73.4 Å². The summed E-state index contributed by atoms with van der Waals surface area (Å²) in [4.78, 5) is 27.9. The molecule has 0 radical (unpaired) electrons. The topological polar surface area (TPSA) is 108 Å². The summed E-state index contributed by atoms with van der Waals surface area (Å²) in [5, 5.41) is 3.96.